The number of benzene rings is 2. The van der Waals surface area contributed by atoms with E-state index < -0.39 is 0 Å². The third-order valence-corrected chi connectivity index (χ3v) is 3.51. The summed E-state index contributed by atoms with van der Waals surface area (Å²) < 4.78 is 0. The largest absolute Gasteiger partial charge is 0.330 e. The van der Waals surface area contributed by atoms with Gasteiger partial charge in [-0.15, -0.1) is 0 Å². The van der Waals surface area contributed by atoms with Gasteiger partial charge >= 0.3 is 0 Å². The number of hydrogen-bond donors (Lipinski definition) is 1. The summed E-state index contributed by atoms with van der Waals surface area (Å²) in [6, 6.07) is 11.1. The van der Waals surface area contributed by atoms with Crippen molar-refractivity contribution in [3.63, 3.8) is 0 Å². The van der Waals surface area contributed by atoms with Crippen molar-refractivity contribution < 1.29 is 4.90 Å². The first kappa shape index (κ1) is 8.93. The molecule has 1 aliphatic heterocycles. The summed E-state index contributed by atoms with van der Waals surface area (Å²) in [5, 5.41) is 2.81. The maximum atomic E-state index is 2.37. The van der Waals surface area contributed by atoms with Gasteiger partial charge < -0.3 is 4.90 Å². The fourth-order valence-corrected chi connectivity index (χ4v) is 2.74. The molecule has 1 N–H and O–H groups in total. The molecular formula is C14H16N+. The van der Waals surface area contributed by atoms with E-state index in [-0.39, 0.29) is 0 Å². The summed E-state index contributed by atoms with van der Waals surface area (Å²) in [7, 11) is 2.27. The molecule has 1 nitrogen and oxygen atoms in total. The quantitative estimate of drug-likeness (QED) is 0.657. The highest BCUT2D eigenvalue weighted by atomic mass is 15.1. The molecule has 0 amide bonds. The molecule has 1 heteroatoms. The molecule has 0 aliphatic carbocycles. The van der Waals surface area contributed by atoms with E-state index >= 15 is 0 Å². The summed E-state index contributed by atoms with van der Waals surface area (Å²) in [6.07, 6.45) is 0. The van der Waals surface area contributed by atoms with E-state index in [0.717, 1.165) is 0 Å². The molecule has 0 aromatic heterocycles. The van der Waals surface area contributed by atoms with Crippen LogP contribution in [0.5, 0.6) is 0 Å². The van der Waals surface area contributed by atoms with Gasteiger partial charge in [0.25, 0.3) is 0 Å². The number of hydrogen-bond acceptors (Lipinski definition) is 0. The van der Waals surface area contributed by atoms with Gasteiger partial charge in [0.2, 0.25) is 0 Å². The minimum absolute atomic E-state index is 1.18. The standard InChI is InChI=1S/C14H15N/c1-10-13-6-4-3-5-11(13)7-12-8-15(2)9-14(10)12/h3-7H,8-9H2,1-2H3/p+1. The van der Waals surface area contributed by atoms with Crippen LogP contribution in [0.2, 0.25) is 0 Å². The average molecular weight is 198 g/mol. The number of nitrogens with one attached hydrogen (secondary N) is 1. The van der Waals surface area contributed by atoms with Crippen LogP contribution in [0, 0.1) is 6.92 Å². The van der Waals surface area contributed by atoms with Crippen LogP contribution in [-0.4, -0.2) is 7.05 Å². The monoisotopic (exact) mass is 198 g/mol. The minimum atomic E-state index is 1.18. The first-order chi connectivity index (χ1) is 7.25. The van der Waals surface area contributed by atoms with Gasteiger partial charge in [-0.2, -0.15) is 0 Å². The predicted molar refractivity (Wildman–Crippen MR) is 63.0 cm³/mol. The van der Waals surface area contributed by atoms with Gasteiger partial charge in [-0.05, 0) is 29.3 Å². The van der Waals surface area contributed by atoms with Crippen molar-refractivity contribution >= 4 is 10.8 Å². The lowest BCUT2D eigenvalue weighted by Crippen LogP contribution is -3.04. The molecular weight excluding hydrogens is 182 g/mol. The molecule has 1 aliphatic rings. The van der Waals surface area contributed by atoms with E-state index in [1.807, 2.05) is 0 Å². The Morgan fingerprint density at radius 3 is 2.80 bits per heavy atom. The van der Waals surface area contributed by atoms with Gasteiger partial charge in [0.1, 0.15) is 13.1 Å². The Bertz CT molecular complexity index is 528. The zero-order chi connectivity index (χ0) is 10.4. The summed E-state index contributed by atoms with van der Waals surface area (Å²) in [6.45, 7) is 4.63. The lowest BCUT2D eigenvalue weighted by atomic mass is 9.97. The molecule has 15 heavy (non-hydrogen) atoms. The van der Waals surface area contributed by atoms with Gasteiger partial charge in [-0.3, -0.25) is 0 Å². The normalized spacial score (nSPS) is 19.5. The van der Waals surface area contributed by atoms with Crippen LogP contribution in [0.25, 0.3) is 10.8 Å². The fraction of sp³-hybridized carbons (Fsp3) is 0.286. The summed E-state index contributed by atoms with van der Waals surface area (Å²) in [5.74, 6) is 0. The topological polar surface area (TPSA) is 4.44 Å². The number of aryl methyl sites for hydroxylation is 1. The Kier molecular flexibility index (Phi) is 1.83. The molecule has 3 rings (SSSR count). The van der Waals surface area contributed by atoms with Crippen molar-refractivity contribution in [2.45, 2.75) is 20.0 Å². The number of fused-ring (bicyclic) bond motifs is 2. The van der Waals surface area contributed by atoms with Crippen LogP contribution >= 0.6 is 0 Å². The lowest BCUT2D eigenvalue weighted by Gasteiger charge is -2.06. The first-order valence-electron chi connectivity index (χ1n) is 5.57. The molecule has 1 atom stereocenters. The molecule has 76 valence electrons. The van der Waals surface area contributed by atoms with Crippen molar-refractivity contribution in [3.8, 4) is 0 Å². The predicted octanol–water partition coefficient (Wildman–Crippen LogP) is 1.68. The van der Waals surface area contributed by atoms with Crippen LogP contribution in [0.4, 0.5) is 0 Å². The summed E-state index contributed by atoms with van der Waals surface area (Å²) in [4.78, 5) is 1.60. The van der Waals surface area contributed by atoms with E-state index in [1.165, 1.54) is 29.4 Å². The van der Waals surface area contributed by atoms with Crippen molar-refractivity contribution in [2.24, 2.45) is 0 Å². The number of quaternary nitrogens is 1. The Morgan fingerprint density at radius 2 is 1.93 bits per heavy atom. The highest BCUT2D eigenvalue weighted by Crippen LogP contribution is 2.26. The highest BCUT2D eigenvalue weighted by Gasteiger charge is 2.22. The maximum absolute atomic E-state index is 2.37. The molecule has 0 saturated carbocycles. The Morgan fingerprint density at radius 1 is 1.13 bits per heavy atom. The van der Waals surface area contributed by atoms with E-state index in [0.29, 0.717) is 0 Å². The molecule has 0 radical (unpaired) electrons. The molecule has 2 aromatic rings. The van der Waals surface area contributed by atoms with Crippen molar-refractivity contribution in [2.75, 3.05) is 7.05 Å². The summed E-state index contributed by atoms with van der Waals surface area (Å²) >= 11 is 0. The van der Waals surface area contributed by atoms with Gasteiger partial charge in [0, 0.05) is 11.1 Å². The summed E-state index contributed by atoms with van der Waals surface area (Å²) in [5.41, 5.74) is 4.61. The fourth-order valence-electron chi connectivity index (χ4n) is 2.74. The van der Waals surface area contributed by atoms with Crippen molar-refractivity contribution in [1.82, 2.24) is 0 Å². The van der Waals surface area contributed by atoms with Gasteiger partial charge in [0.05, 0.1) is 7.05 Å². The molecule has 0 saturated heterocycles. The van der Waals surface area contributed by atoms with Crippen LogP contribution in [-0.2, 0) is 13.1 Å². The SMILES string of the molecule is Cc1c2c(cc3ccccc13)C[NH+](C)C2. The van der Waals surface area contributed by atoms with Crippen LogP contribution in [0.3, 0.4) is 0 Å². The molecule has 1 unspecified atom stereocenters. The third kappa shape index (κ3) is 1.27. The van der Waals surface area contributed by atoms with Gasteiger partial charge in [0.15, 0.2) is 0 Å². The molecule has 0 bridgehead atoms. The van der Waals surface area contributed by atoms with Gasteiger partial charge in [-0.25, -0.2) is 0 Å². The van der Waals surface area contributed by atoms with Crippen LogP contribution in [0.15, 0.2) is 30.3 Å². The van der Waals surface area contributed by atoms with E-state index in [1.54, 1.807) is 16.0 Å². The first-order valence-corrected chi connectivity index (χ1v) is 5.57. The molecule has 2 aromatic carbocycles. The average Bonchev–Trinajstić information content (AvgIpc) is 2.59. The van der Waals surface area contributed by atoms with Crippen LogP contribution < -0.4 is 4.90 Å². The Hall–Kier alpha value is -1.34. The highest BCUT2D eigenvalue weighted by molar-refractivity contribution is 5.87. The van der Waals surface area contributed by atoms with Crippen LogP contribution in [0.1, 0.15) is 16.7 Å². The van der Waals surface area contributed by atoms with Gasteiger partial charge in [-0.1, -0.05) is 24.3 Å². The lowest BCUT2D eigenvalue weighted by molar-refractivity contribution is -0.900. The van der Waals surface area contributed by atoms with E-state index in [9.17, 15) is 0 Å². The van der Waals surface area contributed by atoms with Crippen molar-refractivity contribution in [1.29, 1.82) is 0 Å². The minimum Gasteiger partial charge on any atom is -0.330 e. The Labute approximate surface area is 90.3 Å². The van der Waals surface area contributed by atoms with E-state index in [4.69, 9.17) is 0 Å². The molecule has 0 fully saturated rings. The second-order valence-corrected chi connectivity index (χ2v) is 4.67. The maximum Gasteiger partial charge on any atom is 0.104 e. The second-order valence-electron chi connectivity index (χ2n) is 4.67. The zero-order valence-corrected chi connectivity index (χ0v) is 9.30. The molecule has 0 spiro atoms. The molecule has 1 heterocycles. The zero-order valence-electron chi connectivity index (χ0n) is 9.30. The van der Waals surface area contributed by atoms with E-state index in [2.05, 4.69) is 44.3 Å². The van der Waals surface area contributed by atoms with Crippen molar-refractivity contribution in [3.05, 3.63) is 47.0 Å². The smallest absolute Gasteiger partial charge is 0.104 e. The Balaban J connectivity index is 2.35. The third-order valence-electron chi connectivity index (χ3n) is 3.51. The second kappa shape index (κ2) is 3.07. The number of rotatable bonds is 0.